The first-order valence-corrected chi connectivity index (χ1v) is 7.78. The van der Waals surface area contributed by atoms with Gasteiger partial charge < -0.3 is 20.6 Å². The van der Waals surface area contributed by atoms with E-state index in [1.165, 1.54) is 19.3 Å². The SMILES string of the molecule is CCN(CCCN(C)C)CCC1CCCC1(N)CO. The molecule has 0 aromatic rings. The van der Waals surface area contributed by atoms with Crippen LogP contribution in [0.2, 0.25) is 0 Å². The molecule has 0 aromatic heterocycles. The van der Waals surface area contributed by atoms with Crippen LogP contribution in [0.1, 0.15) is 39.0 Å². The maximum absolute atomic E-state index is 9.48. The van der Waals surface area contributed by atoms with Crippen molar-refractivity contribution in [3.05, 3.63) is 0 Å². The first-order chi connectivity index (χ1) is 9.01. The lowest BCUT2D eigenvalue weighted by atomic mass is 9.86. The van der Waals surface area contributed by atoms with Crippen molar-refractivity contribution in [1.29, 1.82) is 0 Å². The lowest BCUT2D eigenvalue weighted by Crippen LogP contribution is -2.47. The summed E-state index contributed by atoms with van der Waals surface area (Å²) in [6.07, 6.45) is 5.70. The van der Waals surface area contributed by atoms with E-state index < -0.39 is 0 Å². The number of nitrogens with two attached hydrogens (primary N) is 1. The molecule has 1 rings (SSSR count). The quantitative estimate of drug-likeness (QED) is 0.660. The first-order valence-electron chi connectivity index (χ1n) is 7.78. The summed E-state index contributed by atoms with van der Waals surface area (Å²) < 4.78 is 0. The molecule has 19 heavy (non-hydrogen) atoms. The lowest BCUT2D eigenvalue weighted by Gasteiger charge is -2.31. The second-order valence-electron chi connectivity index (χ2n) is 6.36. The van der Waals surface area contributed by atoms with E-state index in [9.17, 15) is 5.11 Å². The Morgan fingerprint density at radius 2 is 2.00 bits per heavy atom. The molecule has 114 valence electrons. The molecule has 0 saturated heterocycles. The van der Waals surface area contributed by atoms with Crippen molar-refractivity contribution in [2.24, 2.45) is 11.7 Å². The maximum atomic E-state index is 9.48. The monoisotopic (exact) mass is 271 g/mol. The van der Waals surface area contributed by atoms with Gasteiger partial charge >= 0.3 is 0 Å². The van der Waals surface area contributed by atoms with Crippen molar-refractivity contribution < 1.29 is 5.11 Å². The van der Waals surface area contributed by atoms with Crippen LogP contribution in [0.15, 0.2) is 0 Å². The van der Waals surface area contributed by atoms with Gasteiger partial charge in [0.1, 0.15) is 0 Å². The Kier molecular flexibility index (Phi) is 7.29. The van der Waals surface area contributed by atoms with Crippen molar-refractivity contribution in [2.75, 3.05) is 46.9 Å². The van der Waals surface area contributed by atoms with Crippen LogP contribution in [0.4, 0.5) is 0 Å². The minimum absolute atomic E-state index is 0.143. The van der Waals surface area contributed by atoms with Gasteiger partial charge in [-0.25, -0.2) is 0 Å². The van der Waals surface area contributed by atoms with E-state index in [4.69, 9.17) is 5.73 Å². The van der Waals surface area contributed by atoms with Crippen LogP contribution in [0.3, 0.4) is 0 Å². The standard InChI is InChI=1S/C15H33N3O/c1-4-18(11-6-10-17(2)3)12-8-14-7-5-9-15(14,16)13-19/h14,19H,4-13,16H2,1-3H3. The maximum Gasteiger partial charge on any atom is 0.0613 e. The molecule has 1 fully saturated rings. The third-order valence-electron chi connectivity index (χ3n) is 4.62. The van der Waals surface area contributed by atoms with Crippen molar-refractivity contribution in [3.8, 4) is 0 Å². The van der Waals surface area contributed by atoms with Crippen LogP contribution in [-0.2, 0) is 0 Å². The average Bonchev–Trinajstić information content (AvgIpc) is 2.75. The summed E-state index contributed by atoms with van der Waals surface area (Å²) in [6, 6.07) is 0. The molecule has 0 aromatic carbocycles. The topological polar surface area (TPSA) is 52.7 Å². The summed E-state index contributed by atoms with van der Waals surface area (Å²) in [5, 5.41) is 9.48. The van der Waals surface area contributed by atoms with E-state index in [2.05, 4.69) is 30.8 Å². The molecule has 0 radical (unpaired) electrons. The highest BCUT2D eigenvalue weighted by molar-refractivity contribution is 4.96. The van der Waals surface area contributed by atoms with Gasteiger partial charge in [0, 0.05) is 5.54 Å². The third kappa shape index (κ3) is 5.38. The normalized spacial score (nSPS) is 27.6. The number of nitrogens with zero attached hydrogens (tertiary/aromatic N) is 2. The lowest BCUT2D eigenvalue weighted by molar-refractivity contribution is 0.144. The first kappa shape index (κ1) is 16.9. The number of hydrogen-bond donors (Lipinski definition) is 2. The van der Waals surface area contributed by atoms with Crippen LogP contribution < -0.4 is 5.73 Å². The summed E-state index contributed by atoms with van der Waals surface area (Å²) in [5.74, 6) is 0.500. The van der Waals surface area contributed by atoms with Gasteiger partial charge in [0.15, 0.2) is 0 Å². The van der Waals surface area contributed by atoms with Crippen molar-refractivity contribution in [1.82, 2.24) is 9.80 Å². The predicted molar refractivity (Wildman–Crippen MR) is 81.2 cm³/mol. The van der Waals surface area contributed by atoms with E-state index in [0.29, 0.717) is 5.92 Å². The molecule has 3 N–H and O–H groups in total. The van der Waals surface area contributed by atoms with E-state index in [-0.39, 0.29) is 12.1 Å². The summed E-state index contributed by atoms with van der Waals surface area (Å²) in [5.41, 5.74) is 5.99. The van der Waals surface area contributed by atoms with Gasteiger partial charge in [-0.1, -0.05) is 13.3 Å². The Bertz CT molecular complexity index is 248. The highest BCUT2D eigenvalue weighted by Crippen LogP contribution is 2.35. The van der Waals surface area contributed by atoms with Gasteiger partial charge in [-0.2, -0.15) is 0 Å². The van der Waals surface area contributed by atoms with Gasteiger partial charge in [-0.3, -0.25) is 0 Å². The van der Waals surface area contributed by atoms with Crippen molar-refractivity contribution >= 4 is 0 Å². The van der Waals surface area contributed by atoms with Crippen LogP contribution in [0.5, 0.6) is 0 Å². The minimum Gasteiger partial charge on any atom is -0.394 e. The highest BCUT2D eigenvalue weighted by atomic mass is 16.3. The van der Waals surface area contributed by atoms with Crippen LogP contribution >= 0.6 is 0 Å². The molecule has 4 nitrogen and oxygen atoms in total. The summed E-state index contributed by atoms with van der Waals surface area (Å²) in [4.78, 5) is 4.75. The molecule has 0 amide bonds. The largest absolute Gasteiger partial charge is 0.394 e. The Balaban J connectivity index is 2.28. The molecule has 2 atom stereocenters. The fourth-order valence-electron chi connectivity index (χ4n) is 3.19. The van der Waals surface area contributed by atoms with E-state index in [0.717, 1.165) is 39.0 Å². The van der Waals surface area contributed by atoms with Gasteiger partial charge in [-0.05, 0) is 71.9 Å². The fourth-order valence-corrected chi connectivity index (χ4v) is 3.19. The molecular formula is C15H33N3O. The van der Waals surface area contributed by atoms with E-state index >= 15 is 0 Å². The molecule has 1 aliphatic rings. The number of aliphatic hydroxyl groups excluding tert-OH is 1. The summed E-state index contributed by atoms with van der Waals surface area (Å²) >= 11 is 0. The molecule has 1 aliphatic carbocycles. The molecule has 0 spiro atoms. The molecule has 0 aliphatic heterocycles. The fraction of sp³-hybridized carbons (Fsp3) is 1.00. The number of hydrogen-bond acceptors (Lipinski definition) is 4. The molecular weight excluding hydrogens is 238 g/mol. The second kappa shape index (κ2) is 8.20. The Morgan fingerprint density at radius 3 is 2.58 bits per heavy atom. The van der Waals surface area contributed by atoms with Gasteiger partial charge in [0.25, 0.3) is 0 Å². The van der Waals surface area contributed by atoms with Crippen LogP contribution in [-0.4, -0.2) is 67.3 Å². The Morgan fingerprint density at radius 1 is 1.26 bits per heavy atom. The van der Waals surface area contributed by atoms with Gasteiger partial charge in [0.05, 0.1) is 6.61 Å². The molecule has 2 unspecified atom stereocenters. The van der Waals surface area contributed by atoms with Crippen LogP contribution in [0.25, 0.3) is 0 Å². The average molecular weight is 271 g/mol. The third-order valence-corrected chi connectivity index (χ3v) is 4.62. The van der Waals surface area contributed by atoms with Gasteiger partial charge in [-0.15, -0.1) is 0 Å². The summed E-state index contributed by atoms with van der Waals surface area (Å²) in [7, 11) is 4.25. The Hall–Kier alpha value is -0.160. The number of aliphatic hydroxyl groups is 1. The van der Waals surface area contributed by atoms with Crippen molar-refractivity contribution in [3.63, 3.8) is 0 Å². The minimum atomic E-state index is -0.303. The van der Waals surface area contributed by atoms with E-state index in [1.807, 2.05) is 0 Å². The molecule has 0 heterocycles. The van der Waals surface area contributed by atoms with Crippen LogP contribution in [0, 0.1) is 5.92 Å². The zero-order valence-corrected chi connectivity index (χ0v) is 13.1. The van der Waals surface area contributed by atoms with Crippen molar-refractivity contribution in [2.45, 2.75) is 44.6 Å². The number of rotatable bonds is 9. The Labute approximate surface area is 118 Å². The van der Waals surface area contributed by atoms with E-state index in [1.54, 1.807) is 0 Å². The highest BCUT2D eigenvalue weighted by Gasteiger charge is 2.38. The summed E-state index contributed by atoms with van der Waals surface area (Å²) in [6.45, 7) is 6.91. The molecule has 0 bridgehead atoms. The second-order valence-corrected chi connectivity index (χ2v) is 6.36. The zero-order chi connectivity index (χ0) is 14.3. The van der Waals surface area contributed by atoms with Gasteiger partial charge in [0.2, 0.25) is 0 Å². The predicted octanol–water partition coefficient (Wildman–Crippen LogP) is 1.14. The molecule has 1 saturated carbocycles. The smallest absolute Gasteiger partial charge is 0.0613 e. The molecule has 4 heteroatoms. The zero-order valence-electron chi connectivity index (χ0n) is 13.1.